The van der Waals surface area contributed by atoms with Gasteiger partial charge in [-0.2, -0.15) is 0 Å². The van der Waals surface area contributed by atoms with Crippen LogP contribution in [0, 0.1) is 17.8 Å². The lowest BCUT2D eigenvalue weighted by Crippen LogP contribution is -2.47. The second kappa shape index (κ2) is 10.1. The van der Waals surface area contributed by atoms with Gasteiger partial charge in [0.15, 0.2) is 0 Å². The number of aliphatic carboxylic acids is 1. The van der Waals surface area contributed by atoms with Crippen molar-refractivity contribution in [2.45, 2.75) is 50.5 Å². The van der Waals surface area contributed by atoms with Crippen LogP contribution >= 0.6 is 0 Å². The van der Waals surface area contributed by atoms with Crippen LogP contribution < -0.4 is 10.6 Å². The van der Waals surface area contributed by atoms with Gasteiger partial charge in [-0.25, -0.2) is 4.79 Å². The number of carboxylic acids is 1. The molecule has 5 rings (SSSR count). The fourth-order valence-electron chi connectivity index (χ4n) is 5.53. The van der Waals surface area contributed by atoms with Crippen LogP contribution in [0.2, 0.25) is 0 Å². The molecule has 3 N–H and O–H groups in total. The van der Waals surface area contributed by atoms with Crippen LogP contribution in [0.1, 0.15) is 55.6 Å². The monoisotopic (exact) mass is 476 g/mol. The molecule has 184 valence electrons. The molecule has 0 aliphatic heterocycles. The predicted octanol–water partition coefficient (Wildman–Crippen LogP) is 4.31. The number of ether oxygens (including phenoxy) is 1. The molecular formula is C28H32N2O5. The highest BCUT2D eigenvalue weighted by Gasteiger charge is 2.46. The molecule has 3 atom stereocenters. The van der Waals surface area contributed by atoms with Crippen LogP contribution in [0.5, 0.6) is 0 Å². The number of amides is 2. The van der Waals surface area contributed by atoms with Crippen molar-refractivity contribution in [3.8, 4) is 11.1 Å². The number of nitrogens with one attached hydrogen (secondary N) is 2. The fraction of sp³-hybridized carbons (Fsp3) is 0.464. The maximum Gasteiger partial charge on any atom is 0.407 e. The summed E-state index contributed by atoms with van der Waals surface area (Å²) < 4.78 is 5.55. The quantitative estimate of drug-likeness (QED) is 0.448. The molecule has 2 aromatic carbocycles. The maximum absolute atomic E-state index is 12.7. The largest absolute Gasteiger partial charge is 0.481 e. The first kappa shape index (κ1) is 23.4. The Morgan fingerprint density at radius 1 is 1.00 bits per heavy atom. The minimum absolute atomic E-state index is 0.0134. The number of carboxylic acid groups (broad SMARTS) is 1. The molecule has 7 heteroatoms. The topological polar surface area (TPSA) is 105 Å². The molecule has 0 saturated heterocycles. The molecule has 3 unspecified atom stereocenters. The summed E-state index contributed by atoms with van der Waals surface area (Å²) in [6.45, 7) is 0.681. The van der Waals surface area contributed by atoms with Gasteiger partial charge in [-0.3, -0.25) is 9.59 Å². The Labute approximate surface area is 205 Å². The van der Waals surface area contributed by atoms with Gasteiger partial charge in [0.1, 0.15) is 12.6 Å². The molecule has 2 amide bonds. The summed E-state index contributed by atoms with van der Waals surface area (Å²) in [4.78, 5) is 36.5. The van der Waals surface area contributed by atoms with Gasteiger partial charge < -0.3 is 20.5 Å². The van der Waals surface area contributed by atoms with Gasteiger partial charge in [0, 0.05) is 18.9 Å². The summed E-state index contributed by atoms with van der Waals surface area (Å²) in [5, 5.41) is 14.6. The zero-order valence-electron chi connectivity index (χ0n) is 19.7. The molecule has 3 aliphatic rings. The third-order valence-electron chi connectivity index (χ3n) is 7.62. The van der Waals surface area contributed by atoms with Gasteiger partial charge in [0.25, 0.3) is 0 Å². The van der Waals surface area contributed by atoms with Crippen LogP contribution in [-0.4, -0.2) is 42.3 Å². The predicted molar refractivity (Wildman–Crippen MR) is 131 cm³/mol. The highest BCUT2D eigenvalue weighted by molar-refractivity contribution is 5.86. The number of hydrogen-bond donors (Lipinski definition) is 3. The van der Waals surface area contributed by atoms with E-state index in [-0.39, 0.29) is 31.3 Å². The normalized spacial score (nSPS) is 20.9. The Balaban J connectivity index is 1.15. The highest BCUT2D eigenvalue weighted by atomic mass is 16.5. The van der Waals surface area contributed by atoms with E-state index in [0.29, 0.717) is 12.5 Å². The number of carbonyl (C=O) groups is 3. The maximum atomic E-state index is 12.7. The lowest BCUT2D eigenvalue weighted by atomic mass is 9.98. The van der Waals surface area contributed by atoms with E-state index in [2.05, 4.69) is 22.8 Å². The Kier molecular flexibility index (Phi) is 6.75. The van der Waals surface area contributed by atoms with E-state index in [9.17, 15) is 14.4 Å². The zero-order valence-corrected chi connectivity index (χ0v) is 19.7. The first-order chi connectivity index (χ1) is 17.0. The van der Waals surface area contributed by atoms with E-state index in [1.807, 2.05) is 36.4 Å². The summed E-state index contributed by atoms with van der Waals surface area (Å²) in [6.07, 6.45) is 3.95. The Bertz CT molecular complexity index is 1070. The molecule has 2 aromatic rings. The summed E-state index contributed by atoms with van der Waals surface area (Å²) in [7, 11) is 0. The first-order valence-electron chi connectivity index (χ1n) is 12.6. The number of fused-ring (bicyclic) bond motifs is 3. The van der Waals surface area contributed by atoms with Crippen LogP contribution in [0.4, 0.5) is 4.79 Å². The van der Waals surface area contributed by atoms with Gasteiger partial charge in [-0.15, -0.1) is 0 Å². The second-order valence-corrected chi connectivity index (χ2v) is 10.0. The Morgan fingerprint density at radius 3 is 2.29 bits per heavy atom. The van der Waals surface area contributed by atoms with E-state index in [4.69, 9.17) is 9.84 Å². The van der Waals surface area contributed by atoms with Crippen molar-refractivity contribution in [2.75, 3.05) is 13.2 Å². The molecule has 2 saturated carbocycles. The minimum atomic E-state index is -1.01. The Hall–Kier alpha value is -3.35. The number of rotatable bonds is 11. The van der Waals surface area contributed by atoms with Gasteiger partial charge in [-0.05, 0) is 72.1 Å². The summed E-state index contributed by atoms with van der Waals surface area (Å²) in [5.74, 6) is 0.960. The van der Waals surface area contributed by atoms with Crippen LogP contribution in [0.3, 0.4) is 0 Å². The molecule has 0 radical (unpaired) electrons. The average molecular weight is 477 g/mol. The molecule has 7 nitrogen and oxygen atoms in total. The minimum Gasteiger partial charge on any atom is -0.481 e. The molecule has 0 aromatic heterocycles. The lowest BCUT2D eigenvalue weighted by molar-refractivity contribution is -0.137. The van der Waals surface area contributed by atoms with Gasteiger partial charge in [0.05, 0.1) is 0 Å². The van der Waals surface area contributed by atoms with Crippen molar-refractivity contribution in [1.82, 2.24) is 10.6 Å². The Morgan fingerprint density at radius 2 is 1.66 bits per heavy atom. The van der Waals surface area contributed by atoms with E-state index >= 15 is 0 Å². The van der Waals surface area contributed by atoms with Crippen molar-refractivity contribution in [3.63, 3.8) is 0 Å². The molecular weight excluding hydrogens is 444 g/mol. The second-order valence-electron chi connectivity index (χ2n) is 10.0. The molecule has 3 aliphatic carbocycles. The standard InChI is InChI=1S/C28H32N2O5/c31-26(32)12-11-25(27(33)29-14-13-18-15-23(18)17-9-10-17)30-28(34)35-16-24-21-7-3-1-5-19(21)20-6-2-4-8-22(20)24/h1-8,17-18,23-25H,9-16H2,(H,29,33)(H,30,34)(H,31,32). The molecule has 0 spiro atoms. The van der Waals surface area contributed by atoms with E-state index in [1.165, 1.54) is 19.3 Å². The number of benzene rings is 2. The molecule has 2 fully saturated rings. The molecule has 0 heterocycles. The van der Waals surface area contributed by atoms with Crippen molar-refractivity contribution in [2.24, 2.45) is 17.8 Å². The number of alkyl carbamates (subject to hydrolysis) is 1. The lowest BCUT2D eigenvalue weighted by Gasteiger charge is -2.19. The number of hydrogen-bond acceptors (Lipinski definition) is 4. The smallest absolute Gasteiger partial charge is 0.407 e. The average Bonchev–Trinajstić information content (AvgIpc) is 3.77. The third-order valence-corrected chi connectivity index (χ3v) is 7.62. The van der Waals surface area contributed by atoms with E-state index in [0.717, 1.165) is 40.5 Å². The number of carbonyl (C=O) groups excluding carboxylic acids is 2. The first-order valence-corrected chi connectivity index (χ1v) is 12.6. The fourth-order valence-corrected chi connectivity index (χ4v) is 5.53. The van der Waals surface area contributed by atoms with Gasteiger partial charge in [-0.1, -0.05) is 48.5 Å². The zero-order chi connectivity index (χ0) is 24.4. The van der Waals surface area contributed by atoms with Crippen LogP contribution in [-0.2, 0) is 14.3 Å². The molecule has 0 bridgehead atoms. The highest BCUT2D eigenvalue weighted by Crippen LogP contribution is 2.55. The van der Waals surface area contributed by atoms with E-state index < -0.39 is 18.1 Å². The van der Waals surface area contributed by atoms with Crippen LogP contribution in [0.25, 0.3) is 11.1 Å². The van der Waals surface area contributed by atoms with E-state index in [1.54, 1.807) is 0 Å². The van der Waals surface area contributed by atoms with Crippen molar-refractivity contribution in [3.05, 3.63) is 59.7 Å². The SMILES string of the molecule is O=C(O)CCC(NC(=O)OCC1c2ccccc2-c2ccccc21)C(=O)NCCC1CC1C1CC1. The molecule has 35 heavy (non-hydrogen) atoms. The van der Waals surface area contributed by atoms with Crippen LogP contribution in [0.15, 0.2) is 48.5 Å². The van der Waals surface area contributed by atoms with Crippen molar-refractivity contribution < 1.29 is 24.2 Å². The summed E-state index contributed by atoms with van der Waals surface area (Å²) in [6, 6.07) is 15.2. The van der Waals surface area contributed by atoms with Crippen molar-refractivity contribution >= 4 is 18.0 Å². The summed E-state index contributed by atoms with van der Waals surface area (Å²) >= 11 is 0. The van der Waals surface area contributed by atoms with Crippen molar-refractivity contribution in [1.29, 1.82) is 0 Å². The summed E-state index contributed by atoms with van der Waals surface area (Å²) in [5.41, 5.74) is 4.48. The van der Waals surface area contributed by atoms with Gasteiger partial charge >= 0.3 is 12.1 Å². The third kappa shape index (κ3) is 5.50. The van der Waals surface area contributed by atoms with Gasteiger partial charge in [0.2, 0.25) is 5.91 Å².